The summed E-state index contributed by atoms with van der Waals surface area (Å²) in [6.07, 6.45) is 13.3. The van der Waals surface area contributed by atoms with E-state index >= 15 is 0 Å². The molecule has 2 fully saturated rings. The number of nitrogens with zero attached hydrogens (tertiary/aromatic N) is 1. The second-order valence-corrected chi connectivity index (χ2v) is 16.7. The summed E-state index contributed by atoms with van der Waals surface area (Å²) in [5.41, 5.74) is 11.6. The van der Waals surface area contributed by atoms with Gasteiger partial charge in [0.2, 0.25) is 0 Å². The fraction of sp³-hybridized carbons (Fsp3) is 0.684. The average molecular weight is 540 g/mol. The number of hydrogen-bond donors (Lipinski definition) is 0. The number of ketones is 1. The van der Waals surface area contributed by atoms with E-state index in [1.54, 1.807) is 11.1 Å². The predicted molar refractivity (Wildman–Crippen MR) is 167 cm³/mol. The number of pyridine rings is 1. The van der Waals surface area contributed by atoms with Gasteiger partial charge in [-0.1, -0.05) is 87.3 Å². The average Bonchev–Trinajstić information content (AvgIpc) is 3.63. The van der Waals surface area contributed by atoms with Gasteiger partial charge in [-0.3, -0.25) is 9.78 Å². The molecule has 0 radical (unpaired) electrons. The van der Waals surface area contributed by atoms with E-state index < -0.39 is 0 Å². The fourth-order valence-electron chi connectivity index (χ4n) is 9.30. The summed E-state index contributed by atoms with van der Waals surface area (Å²) < 4.78 is 0. The number of Topliss-reactive ketones (excluding diaryl/α,β-unsaturated/α-hetero) is 1. The molecule has 6 rings (SSSR count). The molecular formula is C38H53NO. The van der Waals surface area contributed by atoms with Crippen molar-refractivity contribution in [3.05, 3.63) is 63.0 Å². The molecule has 5 unspecified atom stereocenters. The molecule has 2 saturated carbocycles. The van der Waals surface area contributed by atoms with Crippen LogP contribution in [0.5, 0.6) is 0 Å². The van der Waals surface area contributed by atoms with Crippen molar-refractivity contribution in [1.29, 1.82) is 0 Å². The highest BCUT2D eigenvalue weighted by Crippen LogP contribution is 2.55. The SMILES string of the molecule is CC(CCC(C)(C)c1ccc(C(C)(C)C)c2c1C1CCCC1C2=O)c1ncc(C(C)(C)C)c2c1CC1CCCC21. The standard InChI is InChI=1S/C38H53NO/c1-22(34-27-20-23-12-10-13-24(23)31(27)30(21-39-34)37(5,6)7)18-19-38(8,9)29-17-16-28(36(2,3)4)33-32(29)25-14-11-15-26(25)35(33)40/h16-17,21-26H,10-15,18-20H2,1-9H3. The first-order chi connectivity index (χ1) is 18.7. The van der Waals surface area contributed by atoms with Crippen LogP contribution in [-0.4, -0.2) is 10.8 Å². The molecule has 1 aromatic carbocycles. The van der Waals surface area contributed by atoms with Crippen molar-refractivity contribution >= 4 is 5.78 Å². The minimum atomic E-state index is -0.0148. The van der Waals surface area contributed by atoms with Crippen molar-refractivity contribution in [3.8, 4) is 0 Å². The van der Waals surface area contributed by atoms with Crippen molar-refractivity contribution in [3.63, 3.8) is 0 Å². The maximum Gasteiger partial charge on any atom is 0.167 e. The lowest BCUT2D eigenvalue weighted by atomic mass is 9.71. The van der Waals surface area contributed by atoms with Crippen LogP contribution in [0.15, 0.2) is 18.3 Å². The summed E-state index contributed by atoms with van der Waals surface area (Å²) in [7, 11) is 0. The Hall–Kier alpha value is -1.96. The van der Waals surface area contributed by atoms with Crippen molar-refractivity contribution in [2.45, 2.75) is 154 Å². The summed E-state index contributed by atoms with van der Waals surface area (Å²) in [6.45, 7) is 21.2. The van der Waals surface area contributed by atoms with Crippen LogP contribution in [-0.2, 0) is 22.7 Å². The van der Waals surface area contributed by atoms with Gasteiger partial charge in [-0.2, -0.15) is 0 Å². The molecule has 0 spiro atoms. The summed E-state index contributed by atoms with van der Waals surface area (Å²) in [5, 5.41) is 0. The van der Waals surface area contributed by atoms with Gasteiger partial charge in [0.25, 0.3) is 0 Å². The first-order valence-corrected chi connectivity index (χ1v) is 16.4. The van der Waals surface area contributed by atoms with Gasteiger partial charge in [-0.05, 0) is 118 Å². The molecule has 2 aromatic rings. The van der Waals surface area contributed by atoms with Crippen LogP contribution in [0.3, 0.4) is 0 Å². The Balaban J connectivity index is 1.31. The molecule has 5 atom stereocenters. The lowest BCUT2D eigenvalue weighted by molar-refractivity contribution is 0.0930. The monoisotopic (exact) mass is 539 g/mol. The van der Waals surface area contributed by atoms with Gasteiger partial charge in [-0.25, -0.2) is 0 Å². The summed E-state index contributed by atoms with van der Waals surface area (Å²) >= 11 is 0. The van der Waals surface area contributed by atoms with Gasteiger partial charge < -0.3 is 0 Å². The summed E-state index contributed by atoms with van der Waals surface area (Å²) in [5.74, 6) is 3.14. The maximum atomic E-state index is 13.8. The molecule has 2 heteroatoms. The lowest BCUT2D eigenvalue weighted by Crippen LogP contribution is -2.24. The van der Waals surface area contributed by atoms with Crippen molar-refractivity contribution in [2.75, 3.05) is 0 Å². The molecule has 4 aliphatic rings. The molecule has 0 bridgehead atoms. The smallest absolute Gasteiger partial charge is 0.167 e. The quantitative estimate of drug-likeness (QED) is 0.378. The minimum absolute atomic E-state index is 0.0148. The topological polar surface area (TPSA) is 30.0 Å². The number of hydrogen-bond acceptors (Lipinski definition) is 2. The molecule has 1 aromatic heterocycles. The van der Waals surface area contributed by atoms with Crippen LogP contribution in [0, 0.1) is 11.8 Å². The Labute approximate surface area is 244 Å². The fourth-order valence-corrected chi connectivity index (χ4v) is 9.30. The van der Waals surface area contributed by atoms with Crippen LogP contribution in [0.1, 0.15) is 181 Å². The molecule has 0 saturated heterocycles. The summed E-state index contributed by atoms with van der Waals surface area (Å²) in [4.78, 5) is 19.0. The highest BCUT2D eigenvalue weighted by atomic mass is 16.1. The van der Waals surface area contributed by atoms with E-state index in [1.165, 1.54) is 66.5 Å². The van der Waals surface area contributed by atoms with E-state index in [1.807, 2.05) is 0 Å². The maximum absolute atomic E-state index is 13.8. The highest BCUT2D eigenvalue weighted by Gasteiger charge is 2.47. The molecule has 0 N–H and O–H groups in total. The summed E-state index contributed by atoms with van der Waals surface area (Å²) in [6, 6.07) is 4.71. The Morgan fingerprint density at radius 3 is 2.12 bits per heavy atom. The zero-order valence-corrected chi connectivity index (χ0v) is 26.8. The molecule has 40 heavy (non-hydrogen) atoms. The van der Waals surface area contributed by atoms with Gasteiger partial charge in [0.05, 0.1) is 0 Å². The van der Waals surface area contributed by atoms with Gasteiger partial charge in [0.1, 0.15) is 0 Å². The third kappa shape index (κ3) is 4.42. The van der Waals surface area contributed by atoms with Crippen LogP contribution >= 0.6 is 0 Å². The first kappa shape index (κ1) is 28.2. The van der Waals surface area contributed by atoms with Gasteiger partial charge >= 0.3 is 0 Å². The number of carbonyl (C=O) groups excluding carboxylic acids is 1. The van der Waals surface area contributed by atoms with Crippen molar-refractivity contribution in [2.24, 2.45) is 11.8 Å². The van der Waals surface area contributed by atoms with Crippen LogP contribution in [0.4, 0.5) is 0 Å². The van der Waals surface area contributed by atoms with Gasteiger partial charge in [-0.15, -0.1) is 0 Å². The molecule has 216 valence electrons. The number of carbonyl (C=O) groups is 1. The highest BCUT2D eigenvalue weighted by molar-refractivity contribution is 6.05. The van der Waals surface area contributed by atoms with E-state index in [0.717, 1.165) is 36.7 Å². The largest absolute Gasteiger partial charge is 0.294 e. The van der Waals surface area contributed by atoms with Crippen molar-refractivity contribution in [1.82, 2.24) is 4.98 Å². The molecular weight excluding hydrogens is 486 g/mol. The second kappa shape index (κ2) is 9.53. The zero-order chi connectivity index (χ0) is 28.8. The van der Waals surface area contributed by atoms with Crippen LogP contribution in [0.25, 0.3) is 0 Å². The van der Waals surface area contributed by atoms with E-state index in [4.69, 9.17) is 4.98 Å². The molecule has 1 heterocycles. The number of benzene rings is 1. The molecule has 2 nitrogen and oxygen atoms in total. The normalized spacial score (nSPS) is 26.6. The lowest BCUT2D eigenvalue weighted by Gasteiger charge is -2.33. The van der Waals surface area contributed by atoms with E-state index in [9.17, 15) is 4.79 Å². The van der Waals surface area contributed by atoms with Crippen LogP contribution < -0.4 is 0 Å². The predicted octanol–water partition coefficient (Wildman–Crippen LogP) is 10.1. The number of fused-ring (bicyclic) bond motifs is 6. The molecule has 0 amide bonds. The third-order valence-electron chi connectivity index (χ3n) is 11.5. The first-order valence-electron chi connectivity index (χ1n) is 16.4. The van der Waals surface area contributed by atoms with E-state index in [2.05, 4.69) is 80.6 Å². The van der Waals surface area contributed by atoms with Crippen molar-refractivity contribution < 1.29 is 4.79 Å². The Bertz CT molecular complexity index is 1330. The van der Waals surface area contributed by atoms with E-state index in [-0.39, 0.29) is 22.2 Å². The minimum Gasteiger partial charge on any atom is -0.294 e. The Kier molecular flexibility index (Phi) is 6.71. The Morgan fingerprint density at radius 2 is 1.43 bits per heavy atom. The van der Waals surface area contributed by atoms with Crippen LogP contribution in [0.2, 0.25) is 0 Å². The van der Waals surface area contributed by atoms with Gasteiger partial charge in [0.15, 0.2) is 5.78 Å². The van der Waals surface area contributed by atoms with Gasteiger partial charge in [0, 0.05) is 23.4 Å². The number of aromatic nitrogens is 1. The second-order valence-electron chi connectivity index (χ2n) is 16.7. The third-order valence-corrected chi connectivity index (χ3v) is 11.5. The molecule has 4 aliphatic carbocycles. The van der Waals surface area contributed by atoms with E-state index in [0.29, 0.717) is 17.6 Å². The zero-order valence-electron chi connectivity index (χ0n) is 26.8. The molecule has 0 aliphatic heterocycles. The Morgan fingerprint density at radius 1 is 0.800 bits per heavy atom. The number of rotatable bonds is 5.